The van der Waals surface area contributed by atoms with Crippen LogP contribution in [0.15, 0.2) is 84.9 Å². The number of nitrogens with zero attached hydrogens (tertiary/aromatic N) is 1. The third kappa shape index (κ3) is 7.33. The molecule has 0 bridgehead atoms. The van der Waals surface area contributed by atoms with E-state index in [0.717, 1.165) is 36.8 Å². The lowest BCUT2D eigenvalue weighted by Crippen LogP contribution is -2.53. The van der Waals surface area contributed by atoms with Gasteiger partial charge in [-0.15, -0.1) is 0 Å². The summed E-state index contributed by atoms with van der Waals surface area (Å²) in [5.74, 6) is 0.195. The highest BCUT2D eigenvalue weighted by Crippen LogP contribution is 2.21. The molecule has 0 saturated heterocycles. The minimum atomic E-state index is -0.653. The van der Waals surface area contributed by atoms with Crippen LogP contribution in [-0.2, 0) is 22.6 Å². The second kappa shape index (κ2) is 12.4. The number of benzene rings is 3. The lowest BCUT2D eigenvalue weighted by molar-refractivity contribution is -0.143. The first-order valence-electron chi connectivity index (χ1n) is 12.1. The number of carbonyl (C=O) groups is 2. The summed E-state index contributed by atoms with van der Waals surface area (Å²) >= 11 is 5.96. The molecule has 1 N–H and O–H groups in total. The zero-order valence-electron chi connectivity index (χ0n) is 19.7. The maximum absolute atomic E-state index is 13.6. The summed E-state index contributed by atoms with van der Waals surface area (Å²) in [5.41, 5.74) is 1.96. The van der Waals surface area contributed by atoms with Crippen molar-refractivity contribution < 1.29 is 14.3 Å². The molecule has 1 aliphatic rings. The molecule has 5 nitrogen and oxygen atoms in total. The molecule has 1 atom stereocenters. The first-order chi connectivity index (χ1) is 17.1. The van der Waals surface area contributed by atoms with Gasteiger partial charge in [-0.2, -0.15) is 0 Å². The van der Waals surface area contributed by atoms with Crippen LogP contribution in [0.5, 0.6) is 5.75 Å². The number of halogens is 1. The highest BCUT2D eigenvalue weighted by atomic mass is 35.5. The quantitative estimate of drug-likeness (QED) is 0.413. The molecular weight excluding hydrogens is 460 g/mol. The van der Waals surface area contributed by atoms with Crippen LogP contribution in [0.3, 0.4) is 0 Å². The number of hydrogen-bond acceptors (Lipinski definition) is 3. The van der Waals surface area contributed by atoms with Crippen molar-refractivity contribution >= 4 is 23.4 Å². The highest BCUT2D eigenvalue weighted by Gasteiger charge is 2.32. The van der Waals surface area contributed by atoms with Gasteiger partial charge in [0, 0.05) is 24.0 Å². The predicted octanol–water partition coefficient (Wildman–Crippen LogP) is 5.42. The molecule has 0 radical (unpaired) electrons. The van der Waals surface area contributed by atoms with E-state index in [-0.39, 0.29) is 24.5 Å². The van der Waals surface area contributed by atoms with E-state index in [1.165, 1.54) is 0 Å². The molecule has 2 amide bonds. The maximum atomic E-state index is 13.6. The molecule has 1 fully saturated rings. The van der Waals surface area contributed by atoms with Crippen molar-refractivity contribution in [1.82, 2.24) is 10.2 Å². The highest BCUT2D eigenvalue weighted by molar-refractivity contribution is 6.30. The third-order valence-corrected chi connectivity index (χ3v) is 6.60. The molecule has 0 heterocycles. The number of amides is 2. The summed E-state index contributed by atoms with van der Waals surface area (Å²) in [4.78, 5) is 28.8. The molecule has 6 heteroatoms. The average Bonchev–Trinajstić information content (AvgIpc) is 3.40. The lowest BCUT2D eigenvalue weighted by Gasteiger charge is -2.32. The Labute approximate surface area is 212 Å². The zero-order valence-corrected chi connectivity index (χ0v) is 20.5. The van der Waals surface area contributed by atoms with Crippen molar-refractivity contribution in [3.8, 4) is 5.75 Å². The van der Waals surface area contributed by atoms with Gasteiger partial charge in [0.05, 0.1) is 0 Å². The summed E-state index contributed by atoms with van der Waals surface area (Å²) in [6.45, 7) is 0.149. The Morgan fingerprint density at radius 2 is 1.49 bits per heavy atom. The minimum absolute atomic E-state index is 0.114. The summed E-state index contributed by atoms with van der Waals surface area (Å²) in [5, 5.41) is 3.81. The Balaban J connectivity index is 1.58. The summed E-state index contributed by atoms with van der Waals surface area (Å²) < 4.78 is 5.77. The number of hydrogen-bond donors (Lipinski definition) is 1. The van der Waals surface area contributed by atoms with Crippen LogP contribution < -0.4 is 10.1 Å². The Morgan fingerprint density at radius 3 is 2.11 bits per heavy atom. The Morgan fingerprint density at radius 1 is 0.886 bits per heavy atom. The van der Waals surface area contributed by atoms with Gasteiger partial charge in [-0.3, -0.25) is 9.59 Å². The van der Waals surface area contributed by atoms with Crippen molar-refractivity contribution in [3.63, 3.8) is 0 Å². The molecule has 182 valence electrons. The molecule has 0 unspecified atom stereocenters. The lowest BCUT2D eigenvalue weighted by atomic mass is 10.0. The number of ether oxygens (including phenoxy) is 1. The van der Waals surface area contributed by atoms with Crippen molar-refractivity contribution in [2.24, 2.45) is 0 Å². The molecule has 0 spiro atoms. The van der Waals surface area contributed by atoms with Gasteiger partial charge in [-0.05, 0) is 48.2 Å². The topological polar surface area (TPSA) is 58.6 Å². The van der Waals surface area contributed by atoms with E-state index in [1.807, 2.05) is 60.7 Å². The first kappa shape index (κ1) is 24.8. The van der Waals surface area contributed by atoms with Crippen LogP contribution in [0.25, 0.3) is 0 Å². The smallest absolute Gasteiger partial charge is 0.261 e. The Bertz CT molecular complexity index is 1080. The van der Waals surface area contributed by atoms with Gasteiger partial charge in [-0.25, -0.2) is 0 Å². The van der Waals surface area contributed by atoms with Crippen LogP contribution in [0.4, 0.5) is 0 Å². The van der Waals surface area contributed by atoms with Crippen LogP contribution in [-0.4, -0.2) is 35.4 Å². The fraction of sp³-hybridized carbons (Fsp3) is 0.310. The van der Waals surface area contributed by atoms with Gasteiger partial charge in [0.1, 0.15) is 11.8 Å². The van der Waals surface area contributed by atoms with E-state index in [1.54, 1.807) is 29.2 Å². The molecule has 0 aliphatic heterocycles. The van der Waals surface area contributed by atoms with E-state index in [4.69, 9.17) is 16.3 Å². The van der Waals surface area contributed by atoms with Gasteiger partial charge >= 0.3 is 0 Å². The van der Waals surface area contributed by atoms with Crippen LogP contribution in [0.1, 0.15) is 36.8 Å². The fourth-order valence-corrected chi connectivity index (χ4v) is 4.59. The van der Waals surface area contributed by atoms with Crippen molar-refractivity contribution in [2.45, 2.75) is 50.7 Å². The number of rotatable bonds is 10. The molecule has 3 aromatic rings. The Kier molecular flexibility index (Phi) is 8.79. The fourth-order valence-electron chi connectivity index (χ4n) is 4.46. The largest absolute Gasteiger partial charge is 0.484 e. The van der Waals surface area contributed by atoms with E-state index < -0.39 is 6.04 Å². The second-order valence-corrected chi connectivity index (χ2v) is 9.38. The number of carbonyl (C=O) groups excluding carboxylic acids is 2. The third-order valence-electron chi connectivity index (χ3n) is 6.34. The van der Waals surface area contributed by atoms with E-state index >= 15 is 0 Å². The molecule has 35 heavy (non-hydrogen) atoms. The van der Waals surface area contributed by atoms with Crippen molar-refractivity contribution in [3.05, 3.63) is 101 Å². The molecular formula is C29H31ClN2O3. The van der Waals surface area contributed by atoms with Gasteiger partial charge in [0.15, 0.2) is 6.61 Å². The van der Waals surface area contributed by atoms with Crippen LogP contribution in [0, 0.1) is 0 Å². The molecule has 0 aromatic heterocycles. The molecule has 4 rings (SSSR count). The van der Waals surface area contributed by atoms with Gasteiger partial charge in [0.25, 0.3) is 5.91 Å². The SMILES string of the molecule is O=C(NC1CCCC1)[C@H](Cc1ccccc1)N(Cc1ccccc1)C(=O)COc1ccc(Cl)cc1. The van der Waals surface area contributed by atoms with Gasteiger partial charge in [0.2, 0.25) is 5.91 Å². The first-order valence-corrected chi connectivity index (χ1v) is 12.5. The monoisotopic (exact) mass is 490 g/mol. The maximum Gasteiger partial charge on any atom is 0.261 e. The minimum Gasteiger partial charge on any atom is -0.484 e. The van der Waals surface area contributed by atoms with Gasteiger partial charge in [-0.1, -0.05) is 85.1 Å². The predicted molar refractivity (Wildman–Crippen MR) is 138 cm³/mol. The standard InChI is InChI=1S/C29H31ClN2O3/c30-24-15-17-26(18-16-24)35-21-28(33)32(20-23-11-5-2-6-12-23)27(19-22-9-3-1-4-10-22)29(34)31-25-13-7-8-14-25/h1-6,9-12,15-18,25,27H,7-8,13-14,19-21H2,(H,31,34)/t27-/m0/s1. The zero-order chi connectivity index (χ0) is 24.5. The average molecular weight is 491 g/mol. The molecule has 3 aromatic carbocycles. The van der Waals surface area contributed by atoms with Crippen molar-refractivity contribution in [2.75, 3.05) is 6.61 Å². The second-order valence-electron chi connectivity index (χ2n) is 8.95. The Hall–Kier alpha value is -3.31. The van der Waals surface area contributed by atoms with E-state index in [2.05, 4.69) is 5.32 Å². The summed E-state index contributed by atoms with van der Waals surface area (Å²) in [6, 6.07) is 26.0. The molecule has 1 aliphatic carbocycles. The van der Waals surface area contributed by atoms with Gasteiger partial charge < -0.3 is 15.0 Å². The summed E-state index contributed by atoms with van der Waals surface area (Å²) in [6.07, 6.45) is 4.64. The van der Waals surface area contributed by atoms with Crippen molar-refractivity contribution in [1.29, 1.82) is 0 Å². The normalized spacial score (nSPS) is 14.3. The van der Waals surface area contributed by atoms with E-state index in [9.17, 15) is 9.59 Å². The van der Waals surface area contributed by atoms with Crippen LogP contribution in [0.2, 0.25) is 5.02 Å². The summed E-state index contributed by atoms with van der Waals surface area (Å²) in [7, 11) is 0. The number of nitrogens with one attached hydrogen (secondary N) is 1. The van der Waals surface area contributed by atoms with E-state index in [0.29, 0.717) is 23.7 Å². The molecule has 1 saturated carbocycles. The van der Waals surface area contributed by atoms with Crippen LogP contribution >= 0.6 is 11.6 Å².